The lowest BCUT2D eigenvalue weighted by Gasteiger charge is -2.38. The lowest BCUT2D eigenvalue weighted by atomic mass is 9.59. The standard InChI is InChI=1S/C43H33NO5.C2H3N/c1-3-48-32-24-15-25-33(49-4-2)38(32)44-39(45)36-37(40(44)46)43(27-18-9-6-10-19-27)35-31-23-14-12-21-29(31)28-20-11-13-22-30(28)34(35)42(36,41(43)47)26-16-7-5-8-17-26;1-2-3/h5-25,36-37H,3-4H2,1-2H3;1H3/t36-,37+,42+,43-;. The maximum absolute atomic E-state index is 16.1. The lowest BCUT2D eigenvalue weighted by Crippen LogP contribution is -2.45. The predicted octanol–water partition coefficient (Wildman–Crippen LogP) is 8.29. The number of ketones is 1. The van der Waals surface area contributed by atoms with E-state index in [1.54, 1.807) is 24.3 Å². The SMILES string of the molecule is CC#N.CCOc1cccc(OCC)c1N1C(=O)[C@@H]2[C@H](C1=O)[C@@]1(c3ccccc3)C(=O)[C@]2(c2ccccc2)c2c1c1ccccc1c1ccccc21. The molecule has 1 saturated heterocycles. The fourth-order valence-corrected chi connectivity index (χ4v) is 9.43. The van der Waals surface area contributed by atoms with Gasteiger partial charge in [0.2, 0.25) is 11.8 Å². The maximum atomic E-state index is 16.1. The van der Waals surface area contributed by atoms with Crippen molar-refractivity contribution in [3.05, 3.63) is 150 Å². The average molecular weight is 685 g/mol. The van der Waals surface area contributed by atoms with Gasteiger partial charge in [0.25, 0.3) is 0 Å². The van der Waals surface area contributed by atoms with Crippen molar-refractivity contribution >= 4 is 44.8 Å². The second kappa shape index (κ2) is 12.5. The van der Waals surface area contributed by atoms with Crippen LogP contribution in [-0.4, -0.2) is 30.8 Å². The zero-order valence-electron chi connectivity index (χ0n) is 29.1. The number of fused-ring (bicyclic) bond motifs is 13. The molecule has 2 aliphatic carbocycles. The van der Waals surface area contributed by atoms with E-state index in [0.29, 0.717) is 35.8 Å². The van der Waals surface area contributed by atoms with Crippen molar-refractivity contribution in [3.8, 4) is 17.6 Å². The number of para-hydroxylation sites is 1. The highest BCUT2D eigenvalue weighted by atomic mass is 16.5. The Kier molecular flexibility index (Phi) is 7.91. The second-order valence-electron chi connectivity index (χ2n) is 13.2. The molecule has 7 heteroatoms. The average Bonchev–Trinajstić information content (AvgIpc) is 3.69. The largest absolute Gasteiger partial charge is 0.492 e. The molecule has 52 heavy (non-hydrogen) atoms. The third-order valence-electron chi connectivity index (χ3n) is 10.9. The molecule has 256 valence electrons. The zero-order valence-corrected chi connectivity index (χ0v) is 29.1. The Morgan fingerprint density at radius 3 is 1.33 bits per heavy atom. The number of nitriles is 1. The molecule has 0 aromatic heterocycles. The molecule has 6 aromatic rings. The van der Waals surface area contributed by atoms with Gasteiger partial charge in [-0.3, -0.25) is 14.4 Å². The minimum atomic E-state index is -1.45. The molecule has 1 aliphatic heterocycles. The van der Waals surface area contributed by atoms with Gasteiger partial charge in [0.15, 0.2) is 5.78 Å². The van der Waals surface area contributed by atoms with Crippen molar-refractivity contribution in [1.29, 1.82) is 5.26 Å². The van der Waals surface area contributed by atoms with Gasteiger partial charge in [-0.15, -0.1) is 0 Å². The number of ether oxygens (including phenoxy) is 2. The minimum Gasteiger partial charge on any atom is -0.492 e. The van der Waals surface area contributed by atoms with Crippen molar-refractivity contribution in [1.82, 2.24) is 0 Å². The molecule has 9 rings (SSSR count). The van der Waals surface area contributed by atoms with Crippen LogP contribution in [0.1, 0.15) is 43.0 Å². The van der Waals surface area contributed by atoms with Crippen molar-refractivity contribution < 1.29 is 23.9 Å². The van der Waals surface area contributed by atoms with E-state index in [4.69, 9.17) is 14.7 Å². The van der Waals surface area contributed by atoms with E-state index < -0.39 is 34.5 Å². The number of nitrogens with zero attached hydrogens (tertiary/aromatic N) is 2. The van der Waals surface area contributed by atoms with E-state index in [0.717, 1.165) is 32.7 Å². The summed E-state index contributed by atoms with van der Waals surface area (Å²) < 4.78 is 12.1. The van der Waals surface area contributed by atoms with Crippen LogP contribution in [0.5, 0.6) is 11.5 Å². The number of amides is 2. The smallest absolute Gasteiger partial charge is 0.239 e. The third kappa shape index (κ3) is 4.09. The number of imide groups is 1. The fourth-order valence-electron chi connectivity index (χ4n) is 9.43. The summed E-state index contributed by atoms with van der Waals surface area (Å²) in [5.74, 6) is -2.27. The molecule has 0 radical (unpaired) electrons. The summed E-state index contributed by atoms with van der Waals surface area (Å²) in [5.41, 5.74) is 0.427. The summed E-state index contributed by atoms with van der Waals surface area (Å²) in [5, 5.41) is 11.1. The Bertz CT molecular complexity index is 2300. The number of carbonyl (C=O) groups excluding carboxylic acids is 3. The summed E-state index contributed by atoms with van der Waals surface area (Å²) in [4.78, 5) is 48.2. The molecule has 2 bridgehead atoms. The number of carbonyl (C=O) groups is 3. The molecule has 2 amide bonds. The van der Waals surface area contributed by atoms with Crippen LogP contribution in [0.2, 0.25) is 0 Å². The third-order valence-corrected chi connectivity index (χ3v) is 10.9. The molecule has 0 spiro atoms. The Balaban J connectivity index is 0.00000125. The van der Waals surface area contributed by atoms with E-state index in [9.17, 15) is 0 Å². The summed E-state index contributed by atoms with van der Waals surface area (Å²) >= 11 is 0. The van der Waals surface area contributed by atoms with Gasteiger partial charge in [-0.1, -0.05) is 115 Å². The van der Waals surface area contributed by atoms with Crippen LogP contribution >= 0.6 is 0 Å². The van der Waals surface area contributed by atoms with Crippen molar-refractivity contribution in [2.24, 2.45) is 11.8 Å². The number of hydrogen-bond acceptors (Lipinski definition) is 6. The van der Waals surface area contributed by atoms with Crippen LogP contribution in [0.25, 0.3) is 21.5 Å². The van der Waals surface area contributed by atoms with Gasteiger partial charge in [0.05, 0.1) is 41.9 Å². The molecule has 4 atom stereocenters. The predicted molar refractivity (Wildman–Crippen MR) is 200 cm³/mol. The quantitative estimate of drug-likeness (QED) is 0.124. The first-order valence-electron chi connectivity index (χ1n) is 17.6. The summed E-state index contributed by atoms with van der Waals surface area (Å²) in [6.45, 7) is 5.81. The van der Waals surface area contributed by atoms with E-state index >= 15 is 14.4 Å². The monoisotopic (exact) mass is 684 g/mol. The zero-order chi connectivity index (χ0) is 36.2. The molecule has 2 fully saturated rings. The molecule has 7 nitrogen and oxygen atoms in total. The van der Waals surface area contributed by atoms with Crippen molar-refractivity contribution in [3.63, 3.8) is 0 Å². The summed E-state index contributed by atoms with van der Waals surface area (Å²) in [6.07, 6.45) is 0. The highest BCUT2D eigenvalue weighted by Gasteiger charge is 2.82. The lowest BCUT2D eigenvalue weighted by molar-refractivity contribution is -0.130. The maximum Gasteiger partial charge on any atom is 0.239 e. The van der Waals surface area contributed by atoms with Gasteiger partial charge in [-0.25, -0.2) is 4.90 Å². The highest BCUT2D eigenvalue weighted by Crippen LogP contribution is 2.73. The fraction of sp³-hybridized carbons (Fsp3) is 0.200. The molecule has 6 aromatic carbocycles. The molecule has 3 aliphatic rings. The second-order valence-corrected chi connectivity index (χ2v) is 13.2. The van der Waals surface area contributed by atoms with Gasteiger partial charge >= 0.3 is 0 Å². The van der Waals surface area contributed by atoms with Crippen LogP contribution in [0, 0.1) is 23.2 Å². The van der Waals surface area contributed by atoms with E-state index in [2.05, 4.69) is 24.3 Å². The topological polar surface area (TPSA) is 96.7 Å². The Hall–Kier alpha value is -6.26. The van der Waals surface area contributed by atoms with E-state index in [1.165, 1.54) is 11.8 Å². The van der Waals surface area contributed by atoms with E-state index in [-0.39, 0.29) is 11.5 Å². The molecule has 1 saturated carbocycles. The number of hydrogen-bond donors (Lipinski definition) is 0. The van der Waals surface area contributed by atoms with Crippen LogP contribution in [-0.2, 0) is 25.2 Å². The molecule has 0 N–H and O–H groups in total. The first-order valence-corrected chi connectivity index (χ1v) is 17.6. The minimum absolute atomic E-state index is 0.131. The van der Waals surface area contributed by atoms with Gasteiger partial charge in [0, 0.05) is 6.92 Å². The number of Topliss-reactive ketones (excluding diaryl/α,β-unsaturated/α-hetero) is 1. The first kappa shape index (κ1) is 32.9. The Labute approximate surface area is 302 Å². The summed E-state index contributed by atoms with van der Waals surface area (Å²) in [6, 6.07) is 42.6. The van der Waals surface area contributed by atoms with Crippen LogP contribution < -0.4 is 14.4 Å². The number of benzene rings is 6. The van der Waals surface area contributed by atoms with Crippen LogP contribution in [0.3, 0.4) is 0 Å². The molecule has 0 unspecified atom stereocenters. The van der Waals surface area contributed by atoms with Gasteiger partial charge < -0.3 is 9.47 Å². The highest BCUT2D eigenvalue weighted by molar-refractivity contribution is 6.34. The first-order chi connectivity index (χ1) is 25.4. The van der Waals surface area contributed by atoms with E-state index in [1.807, 2.05) is 98.8 Å². The normalized spacial score (nSPS) is 22.5. The number of anilines is 1. The van der Waals surface area contributed by atoms with Crippen molar-refractivity contribution in [2.75, 3.05) is 18.1 Å². The van der Waals surface area contributed by atoms with Crippen LogP contribution in [0.15, 0.2) is 127 Å². The van der Waals surface area contributed by atoms with Gasteiger partial charge in [-0.05, 0) is 69.8 Å². The molecular formula is C45H36N2O5. The van der Waals surface area contributed by atoms with Crippen LogP contribution in [0.4, 0.5) is 5.69 Å². The van der Waals surface area contributed by atoms with Gasteiger partial charge in [0.1, 0.15) is 17.2 Å². The molecule has 1 heterocycles. The number of rotatable bonds is 7. The Morgan fingerprint density at radius 2 is 0.942 bits per heavy atom. The van der Waals surface area contributed by atoms with Gasteiger partial charge in [-0.2, -0.15) is 5.26 Å². The molecular weight excluding hydrogens is 649 g/mol. The summed E-state index contributed by atoms with van der Waals surface area (Å²) in [7, 11) is 0. The Morgan fingerprint density at radius 1 is 0.577 bits per heavy atom. The van der Waals surface area contributed by atoms with Crippen molar-refractivity contribution in [2.45, 2.75) is 31.6 Å².